The summed E-state index contributed by atoms with van der Waals surface area (Å²) in [5, 5.41) is 13.2. The lowest BCUT2D eigenvalue weighted by Gasteiger charge is -2.22. The predicted octanol–water partition coefficient (Wildman–Crippen LogP) is 2.36. The number of aliphatic hydroxyl groups excluding tert-OH is 1. The molecule has 0 spiro atoms. The Kier molecular flexibility index (Phi) is 6.03. The molecule has 2 aromatic heterocycles. The Bertz CT molecular complexity index is 824. The first kappa shape index (κ1) is 19.5. The summed E-state index contributed by atoms with van der Waals surface area (Å²) in [4.78, 5) is 35.6. The number of pyridine rings is 2. The van der Waals surface area contributed by atoms with Gasteiger partial charge in [0, 0.05) is 12.4 Å². The number of amides is 2. The van der Waals surface area contributed by atoms with Gasteiger partial charge in [-0.2, -0.15) is 0 Å². The molecular weight excluding hydrogens is 356 g/mol. The molecule has 1 aliphatic rings. The summed E-state index contributed by atoms with van der Waals surface area (Å²) in [5.74, 6) is -0.992. The van der Waals surface area contributed by atoms with Crippen molar-refractivity contribution in [2.45, 2.75) is 39.4 Å². The van der Waals surface area contributed by atoms with Crippen molar-refractivity contribution in [2.24, 2.45) is 5.92 Å². The number of aliphatic hydroxyl groups is 1. The number of hydrogen-bond acceptors (Lipinski definition) is 5. The lowest BCUT2D eigenvalue weighted by Crippen LogP contribution is -2.35. The maximum absolute atomic E-state index is 13.2. The van der Waals surface area contributed by atoms with E-state index >= 15 is 0 Å². The summed E-state index contributed by atoms with van der Waals surface area (Å²) in [7, 11) is 0. The molecule has 0 saturated carbocycles. The second kappa shape index (κ2) is 8.65. The van der Waals surface area contributed by atoms with Crippen LogP contribution in [0.25, 0.3) is 0 Å². The molecule has 146 valence electrons. The van der Waals surface area contributed by atoms with Crippen LogP contribution in [-0.4, -0.2) is 37.8 Å². The third kappa shape index (κ3) is 4.54. The monoisotopic (exact) mass is 380 g/mol. The van der Waals surface area contributed by atoms with Crippen LogP contribution in [0.2, 0.25) is 0 Å². The molecule has 0 bridgehead atoms. The molecule has 2 aromatic rings. The number of rotatable bonds is 7. The molecular formula is C21H24N4O3. The topological polar surface area (TPSA) is 95.4 Å². The molecule has 0 aromatic carbocycles. The second-order valence-electron chi connectivity index (χ2n) is 7.22. The van der Waals surface area contributed by atoms with Gasteiger partial charge in [0.25, 0.3) is 11.8 Å². The molecule has 0 aliphatic carbocycles. The molecule has 0 fully saturated rings. The van der Waals surface area contributed by atoms with Gasteiger partial charge in [0.1, 0.15) is 11.3 Å². The third-order valence-electron chi connectivity index (χ3n) is 4.48. The summed E-state index contributed by atoms with van der Waals surface area (Å²) in [6.07, 6.45) is 3.86. The molecule has 7 heteroatoms. The zero-order valence-corrected chi connectivity index (χ0v) is 16.0. The van der Waals surface area contributed by atoms with Crippen LogP contribution >= 0.6 is 0 Å². The van der Waals surface area contributed by atoms with Crippen LogP contribution in [0.15, 0.2) is 60.1 Å². The SMILES string of the molecule is CC(C)CC1NC(=O)C(C(=O)N(Cc2ccccn2)Cc2ccccn2)=C1O. The Labute approximate surface area is 164 Å². The fraction of sp³-hybridized carbons (Fsp3) is 0.333. The van der Waals surface area contributed by atoms with Gasteiger partial charge in [0.05, 0.1) is 30.5 Å². The molecule has 1 aliphatic heterocycles. The zero-order valence-electron chi connectivity index (χ0n) is 16.0. The van der Waals surface area contributed by atoms with E-state index < -0.39 is 17.9 Å². The Hall–Kier alpha value is -3.22. The standard InChI is InChI=1S/C21H24N4O3/c1-14(2)11-17-19(26)18(20(27)24-17)21(28)25(12-15-7-3-5-9-22-15)13-16-8-4-6-10-23-16/h3-10,14,17,26H,11-13H2,1-2H3,(H,24,27). The van der Waals surface area contributed by atoms with Crippen molar-refractivity contribution < 1.29 is 14.7 Å². The van der Waals surface area contributed by atoms with Crippen molar-refractivity contribution >= 4 is 11.8 Å². The van der Waals surface area contributed by atoms with Crippen molar-refractivity contribution in [3.63, 3.8) is 0 Å². The minimum atomic E-state index is -0.541. The van der Waals surface area contributed by atoms with E-state index in [1.807, 2.05) is 38.1 Å². The van der Waals surface area contributed by atoms with Crippen LogP contribution in [0, 0.1) is 5.92 Å². The minimum absolute atomic E-state index is 0.184. The van der Waals surface area contributed by atoms with Crippen molar-refractivity contribution in [1.29, 1.82) is 0 Å². The van der Waals surface area contributed by atoms with Gasteiger partial charge in [0.15, 0.2) is 0 Å². The van der Waals surface area contributed by atoms with Crippen LogP contribution in [-0.2, 0) is 22.7 Å². The molecule has 2 amide bonds. The molecule has 3 heterocycles. The minimum Gasteiger partial charge on any atom is -0.509 e. The Morgan fingerprint density at radius 2 is 1.68 bits per heavy atom. The van der Waals surface area contributed by atoms with Crippen LogP contribution in [0.1, 0.15) is 31.7 Å². The Balaban J connectivity index is 1.89. The van der Waals surface area contributed by atoms with E-state index in [2.05, 4.69) is 15.3 Å². The number of nitrogens with one attached hydrogen (secondary N) is 1. The van der Waals surface area contributed by atoms with E-state index in [0.717, 1.165) is 0 Å². The first-order chi connectivity index (χ1) is 13.5. The van der Waals surface area contributed by atoms with E-state index in [-0.39, 0.29) is 30.3 Å². The lowest BCUT2D eigenvalue weighted by atomic mass is 10.0. The van der Waals surface area contributed by atoms with Gasteiger partial charge in [-0.15, -0.1) is 0 Å². The summed E-state index contributed by atoms with van der Waals surface area (Å²) in [5.41, 5.74) is 1.17. The highest BCUT2D eigenvalue weighted by atomic mass is 16.3. The molecule has 28 heavy (non-hydrogen) atoms. The van der Waals surface area contributed by atoms with Gasteiger partial charge in [-0.25, -0.2) is 0 Å². The number of carbonyl (C=O) groups excluding carboxylic acids is 2. The van der Waals surface area contributed by atoms with Gasteiger partial charge in [-0.1, -0.05) is 26.0 Å². The summed E-state index contributed by atoms with van der Waals surface area (Å²) < 4.78 is 0. The number of aromatic nitrogens is 2. The highest BCUT2D eigenvalue weighted by Gasteiger charge is 2.38. The molecule has 1 unspecified atom stereocenters. The Morgan fingerprint density at radius 3 is 2.14 bits per heavy atom. The van der Waals surface area contributed by atoms with Gasteiger partial charge in [0.2, 0.25) is 0 Å². The van der Waals surface area contributed by atoms with Gasteiger partial charge in [-0.3, -0.25) is 19.6 Å². The molecule has 0 saturated heterocycles. The highest BCUT2D eigenvalue weighted by molar-refractivity contribution is 6.20. The molecule has 3 rings (SSSR count). The smallest absolute Gasteiger partial charge is 0.263 e. The van der Waals surface area contributed by atoms with E-state index in [0.29, 0.717) is 17.8 Å². The van der Waals surface area contributed by atoms with E-state index in [1.54, 1.807) is 24.5 Å². The molecule has 1 atom stereocenters. The Morgan fingerprint density at radius 1 is 1.11 bits per heavy atom. The van der Waals surface area contributed by atoms with Crippen molar-refractivity contribution in [2.75, 3.05) is 0 Å². The predicted molar refractivity (Wildman–Crippen MR) is 104 cm³/mol. The summed E-state index contributed by atoms with van der Waals surface area (Å²) >= 11 is 0. The largest absolute Gasteiger partial charge is 0.509 e. The molecule has 2 N–H and O–H groups in total. The average molecular weight is 380 g/mol. The third-order valence-corrected chi connectivity index (χ3v) is 4.48. The average Bonchev–Trinajstić information content (AvgIpc) is 2.95. The van der Waals surface area contributed by atoms with Crippen molar-refractivity contribution in [1.82, 2.24) is 20.2 Å². The van der Waals surface area contributed by atoms with E-state index in [9.17, 15) is 14.7 Å². The van der Waals surface area contributed by atoms with Gasteiger partial charge < -0.3 is 15.3 Å². The fourth-order valence-corrected chi connectivity index (χ4v) is 3.17. The van der Waals surface area contributed by atoms with Crippen LogP contribution in [0.5, 0.6) is 0 Å². The fourth-order valence-electron chi connectivity index (χ4n) is 3.17. The van der Waals surface area contributed by atoms with Gasteiger partial charge >= 0.3 is 0 Å². The lowest BCUT2D eigenvalue weighted by molar-refractivity contribution is -0.131. The van der Waals surface area contributed by atoms with Crippen LogP contribution in [0.3, 0.4) is 0 Å². The highest BCUT2D eigenvalue weighted by Crippen LogP contribution is 2.23. The van der Waals surface area contributed by atoms with Gasteiger partial charge in [-0.05, 0) is 36.6 Å². The first-order valence-corrected chi connectivity index (χ1v) is 9.28. The first-order valence-electron chi connectivity index (χ1n) is 9.28. The van der Waals surface area contributed by atoms with Crippen molar-refractivity contribution in [3.8, 4) is 0 Å². The van der Waals surface area contributed by atoms with E-state index in [1.165, 1.54) is 4.90 Å². The number of nitrogens with zero attached hydrogens (tertiary/aromatic N) is 3. The number of hydrogen-bond donors (Lipinski definition) is 2. The number of carbonyl (C=O) groups is 2. The summed E-state index contributed by atoms with van der Waals surface area (Å²) in [6, 6.07) is 10.4. The second-order valence-corrected chi connectivity index (χ2v) is 7.22. The van der Waals surface area contributed by atoms with Crippen molar-refractivity contribution in [3.05, 3.63) is 71.5 Å². The van der Waals surface area contributed by atoms with Crippen LogP contribution < -0.4 is 5.32 Å². The molecule has 7 nitrogen and oxygen atoms in total. The normalized spacial score (nSPS) is 16.4. The zero-order chi connectivity index (χ0) is 20.1. The maximum Gasteiger partial charge on any atom is 0.263 e. The maximum atomic E-state index is 13.2. The van der Waals surface area contributed by atoms with E-state index in [4.69, 9.17) is 0 Å². The summed E-state index contributed by atoms with van der Waals surface area (Å²) in [6.45, 7) is 4.39. The molecule has 0 radical (unpaired) electrons. The van der Waals surface area contributed by atoms with Crippen LogP contribution in [0.4, 0.5) is 0 Å². The quantitative estimate of drug-likeness (QED) is 0.719.